The minimum absolute atomic E-state index is 0.0788. The van der Waals surface area contributed by atoms with Gasteiger partial charge in [-0.2, -0.15) is 0 Å². The number of amides is 1. The molecule has 0 aliphatic carbocycles. The van der Waals surface area contributed by atoms with Crippen molar-refractivity contribution in [2.45, 2.75) is 39.0 Å². The lowest BCUT2D eigenvalue weighted by Gasteiger charge is -2.27. The third-order valence-electron chi connectivity index (χ3n) is 4.12. The summed E-state index contributed by atoms with van der Waals surface area (Å²) in [5, 5.41) is 9.43. The molecule has 128 valence electrons. The number of hydrogen-bond acceptors (Lipinski definition) is 4. The van der Waals surface area contributed by atoms with Gasteiger partial charge in [-0.05, 0) is 42.9 Å². The second-order valence-electron chi connectivity index (χ2n) is 6.68. The van der Waals surface area contributed by atoms with Crippen LogP contribution in [-0.4, -0.2) is 41.4 Å². The number of thioether (sulfide) groups is 1. The van der Waals surface area contributed by atoms with Crippen LogP contribution in [0.4, 0.5) is 0 Å². The lowest BCUT2D eigenvalue weighted by atomic mass is 9.89. The quantitative estimate of drug-likeness (QED) is 0.789. The molecule has 0 aromatic heterocycles. The molecule has 23 heavy (non-hydrogen) atoms. The standard InChI is InChI=1S/C18H27NO3S/c1-4-22-15-8-6-14(7-9-15)17-19(16(21)12-23-17)11-5-10-18(2,3)13-20/h6-9,17,20H,4-5,10-13H2,1-3H3. The average molecular weight is 337 g/mol. The van der Waals surface area contributed by atoms with Gasteiger partial charge < -0.3 is 14.7 Å². The highest BCUT2D eigenvalue weighted by molar-refractivity contribution is 8.00. The fraction of sp³-hybridized carbons (Fsp3) is 0.611. The largest absolute Gasteiger partial charge is 0.494 e. The van der Waals surface area contributed by atoms with Gasteiger partial charge in [-0.25, -0.2) is 0 Å². The zero-order chi connectivity index (χ0) is 16.9. The number of carbonyl (C=O) groups excluding carboxylic acids is 1. The minimum atomic E-state index is -0.0788. The molecule has 1 heterocycles. The molecule has 0 saturated carbocycles. The maximum absolute atomic E-state index is 12.2. The number of aliphatic hydroxyl groups excluding tert-OH is 1. The Morgan fingerprint density at radius 2 is 2.04 bits per heavy atom. The molecule has 1 aromatic carbocycles. The van der Waals surface area contributed by atoms with Gasteiger partial charge >= 0.3 is 0 Å². The van der Waals surface area contributed by atoms with Crippen LogP contribution in [0.15, 0.2) is 24.3 Å². The molecule has 5 heteroatoms. The summed E-state index contributed by atoms with van der Waals surface area (Å²) in [6.45, 7) is 7.65. The fourth-order valence-electron chi connectivity index (χ4n) is 2.67. The van der Waals surface area contributed by atoms with E-state index in [0.717, 1.165) is 30.7 Å². The van der Waals surface area contributed by atoms with Gasteiger partial charge in [0, 0.05) is 13.2 Å². The summed E-state index contributed by atoms with van der Waals surface area (Å²) < 4.78 is 5.48. The predicted octanol–water partition coefficient (Wildman–Crippen LogP) is 3.46. The molecule has 1 amide bonds. The molecule has 2 rings (SSSR count). The van der Waals surface area contributed by atoms with Gasteiger partial charge in [-0.3, -0.25) is 4.79 Å². The molecular weight excluding hydrogens is 310 g/mol. The van der Waals surface area contributed by atoms with Crippen molar-refractivity contribution in [2.75, 3.05) is 25.5 Å². The predicted molar refractivity (Wildman–Crippen MR) is 94.6 cm³/mol. The second-order valence-corrected chi connectivity index (χ2v) is 7.75. The third-order valence-corrected chi connectivity index (χ3v) is 5.38. The van der Waals surface area contributed by atoms with E-state index in [1.54, 1.807) is 11.8 Å². The first-order valence-electron chi connectivity index (χ1n) is 8.21. The molecule has 1 atom stereocenters. The normalized spacial score (nSPS) is 18.5. The summed E-state index contributed by atoms with van der Waals surface area (Å²) in [5.41, 5.74) is 1.07. The topological polar surface area (TPSA) is 49.8 Å². The van der Waals surface area contributed by atoms with E-state index in [1.807, 2.05) is 36.1 Å². The van der Waals surface area contributed by atoms with Crippen LogP contribution in [0.2, 0.25) is 0 Å². The molecule has 1 aliphatic heterocycles. The zero-order valence-corrected chi connectivity index (χ0v) is 15.1. The van der Waals surface area contributed by atoms with Gasteiger partial charge in [0.25, 0.3) is 0 Å². The SMILES string of the molecule is CCOc1ccc(C2SCC(=O)N2CCCC(C)(C)CO)cc1. The van der Waals surface area contributed by atoms with Crippen LogP contribution in [-0.2, 0) is 4.79 Å². The molecule has 1 fully saturated rings. The summed E-state index contributed by atoms with van der Waals surface area (Å²) in [6, 6.07) is 8.03. The maximum atomic E-state index is 12.2. The van der Waals surface area contributed by atoms with Crippen molar-refractivity contribution in [3.05, 3.63) is 29.8 Å². The van der Waals surface area contributed by atoms with E-state index in [-0.39, 0.29) is 23.3 Å². The summed E-state index contributed by atoms with van der Waals surface area (Å²) in [7, 11) is 0. The summed E-state index contributed by atoms with van der Waals surface area (Å²) in [6.07, 6.45) is 1.82. The van der Waals surface area contributed by atoms with E-state index >= 15 is 0 Å². The van der Waals surface area contributed by atoms with Gasteiger partial charge in [-0.1, -0.05) is 26.0 Å². The Balaban J connectivity index is 1.98. The van der Waals surface area contributed by atoms with Gasteiger partial charge in [0.1, 0.15) is 11.1 Å². The number of benzene rings is 1. The first-order valence-corrected chi connectivity index (χ1v) is 9.26. The third kappa shape index (κ3) is 4.88. The van der Waals surface area contributed by atoms with Crippen molar-refractivity contribution in [1.82, 2.24) is 4.90 Å². The van der Waals surface area contributed by atoms with Crippen molar-refractivity contribution in [2.24, 2.45) is 5.41 Å². The Hall–Kier alpha value is -1.20. The van der Waals surface area contributed by atoms with Crippen LogP contribution in [0.1, 0.15) is 44.6 Å². The van der Waals surface area contributed by atoms with Crippen molar-refractivity contribution in [1.29, 1.82) is 0 Å². The minimum Gasteiger partial charge on any atom is -0.494 e. The molecule has 0 bridgehead atoms. The van der Waals surface area contributed by atoms with Gasteiger partial charge in [0.2, 0.25) is 5.91 Å². The molecule has 0 radical (unpaired) electrons. The van der Waals surface area contributed by atoms with Crippen LogP contribution in [0, 0.1) is 5.41 Å². The molecular formula is C18H27NO3S. The Kier molecular flexibility index (Phi) is 6.36. The Morgan fingerprint density at radius 3 is 2.65 bits per heavy atom. The molecule has 1 unspecified atom stereocenters. The Bertz CT molecular complexity index is 516. The number of rotatable bonds is 8. The van der Waals surface area contributed by atoms with Crippen LogP contribution >= 0.6 is 11.8 Å². The van der Waals surface area contributed by atoms with Crippen molar-refractivity contribution < 1.29 is 14.6 Å². The average Bonchev–Trinajstić information content (AvgIpc) is 2.90. The molecule has 1 saturated heterocycles. The second kappa shape index (κ2) is 8.06. The number of nitrogens with zero attached hydrogens (tertiary/aromatic N) is 1. The molecule has 4 nitrogen and oxygen atoms in total. The van der Waals surface area contributed by atoms with Crippen molar-refractivity contribution >= 4 is 17.7 Å². The van der Waals surface area contributed by atoms with E-state index in [4.69, 9.17) is 4.74 Å². The van der Waals surface area contributed by atoms with Crippen LogP contribution in [0.5, 0.6) is 5.75 Å². The molecule has 1 aromatic rings. The summed E-state index contributed by atoms with van der Waals surface area (Å²) >= 11 is 1.68. The monoisotopic (exact) mass is 337 g/mol. The van der Waals surface area contributed by atoms with Crippen LogP contribution in [0.25, 0.3) is 0 Å². The van der Waals surface area contributed by atoms with E-state index in [2.05, 4.69) is 13.8 Å². The zero-order valence-electron chi connectivity index (χ0n) is 14.2. The van der Waals surface area contributed by atoms with Crippen LogP contribution in [0.3, 0.4) is 0 Å². The van der Waals surface area contributed by atoms with E-state index in [9.17, 15) is 9.90 Å². The number of ether oxygens (including phenoxy) is 1. The number of carbonyl (C=O) groups is 1. The lowest BCUT2D eigenvalue weighted by Crippen LogP contribution is -2.30. The van der Waals surface area contributed by atoms with Crippen molar-refractivity contribution in [3.8, 4) is 5.75 Å². The first kappa shape index (κ1) is 18.1. The summed E-state index contributed by atoms with van der Waals surface area (Å²) in [4.78, 5) is 14.1. The van der Waals surface area contributed by atoms with E-state index in [0.29, 0.717) is 12.4 Å². The Labute approximate surface area is 143 Å². The molecule has 1 N–H and O–H groups in total. The van der Waals surface area contributed by atoms with Gasteiger partial charge in [0.05, 0.1) is 12.4 Å². The Morgan fingerprint density at radius 1 is 1.35 bits per heavy atom. The number of hydrogen-bond donors (Lipinski definition) is 1. The van der Waals surface area contributed by atoms with E-state index in [1.165, 1.54) is 0 Å². The van der Waals surface area contributed by atoms with E-state index < -0.39 is 0 Å². The lowest BCUT2D eigenvalue weighted by molar-refractivity contribution is -0.128. The highest BCUT2D eigenvalue weighted by atomic mass is 32.2. The fourth-order valence-corrected chi connectivity index (χ4v) is 3.89. The summed E-state index contributed by atoms with van der Waals surface area (Å²) in [5.74, 6) is 1.61. The highest BCUT2D eigenvalue weighted by Crippen LogP contribution is 2.39. The van der Waals surface area contributed by atoms with Crippen molar-refractivity contribution in [3.63, 3.8) is 0 Å². The van der Waals surface area contributed by atoms with Gasteiger partial charge in [0.15, 0.2) is 0 Å². The van der Waals surface area contributed by atoms with Gasteiger partial charge in [-0.15, -0.1) is 11.8 Å². The smallest absolute Gasteiger partial charge is 0.233 e. The number of aliphatic hydroxyl groups is 1. The highest BCUT2D eigenvalue weighted by Gasteiger charge is 2.32. The molecule has 0 spiro atoms. The first-order chi connectivity index (χ1) is 11.0. The molecule has 1 aliphatic rings. The van der Waals surface area contributed by atoms with Crippen LogP contribution < -0.4 is 4.74 Å². The maximum Gasteiger partial charge on any atom is 0.233 e.